The lowest BCUT2D eigenvalue weighted by atomic mass is 9.93. The maximum atomic E-state index is 11.9. The van der Waals surface area contributed by atoms with Crippen molar-refractivity contribution in [1.29, 1.82) is 0 Å². The Balaban J connectivity index is 0.000000145. The molecule has 8 heteroatoms. The number of aldehydes is 2. The molecule has 3 aliphatic rings. The van der Waals surface area contributed by atoms with E-state index in [0.717, 1.165) is 27.8 Å². The maximum Gasteiger partial charge on any atom is 0.189 e. The molecule has 6 rings (SSSR count). The Hall–Kier alpha value is -5.37. The number of hydrogen-bond acceptors (Lipinski definition) is 8. The number of phenolic OH excluding ortho intramolecular Hbond substituents is 3. The summed E-state index contributed by atoms with van der Waals surface area (Å²) in [4.78, 5) is 56.3. The minimum absolute atomic E-state index is 0.00194. The Morgan fingerprint density at radius 1 is 0.659 bits per heavy atom. The molecule has 0 aromatic heterocycles. The molecular weight excluding hydrogens is 524 g/mol. The highest BCUT2D eigenvalue weighted by Gasteiger charge is 2.29. The summed E-state index contributed by atoms with van der Waals surface area (Å²) >= 11 is 0. The molecule has 0 saturated heterocycles. The zero-order chi connectivity index (χ0) is 30.2. The minimum Gasteiger partial charge on any atom is -0.508 e. The van der Waals surface area contributed by atoms with E-state index >= 15 is 0 Å². The van der Waals surface area contributed by atoms with Crippen LogP contribution in [0.1, 0.15) is 93.5 Å². The van der Waals surface area contributed by atoms with Crippen molar-refractivity contribution in [3.05, 3.63) is 103 Å². The van der Waals surface area contributed by atoms with E-state index in [9.17, 15) is 34.2 Å². The maximum absolute atomic E-state index is 11.9. The number of aryl methyl sites for hydroxylation is 1. The van der Waals surface area contributed by atoms with Crippen LogP contribution in [0.2, 0.25) is 0 Å². The first-order valence-electron chi connectivity index (χ1n) is 12.5. The van der Waals surface area contributed by atoms with Crippen LogP contribution in [0.15, 0.2) is 47.6 Å². The van der Waals surface area contributed by atoms with Gasteiger partial charge in [-0.05, 0) is 110 Å². The van der Waals surface area contributed by atoms with Crippen molar-refractivity contribution in [2.45, 2.75) is 27.7 Å². The molecule has 0 aliphatic heterocycles. The average molecular weight is 551 g/mol. The number of fused-ring (bicyclic) bond motifs is 3. The molecule has 3 N–H and O–H groups in total. The van der Waals surface area contributed by atoms with Gasteiger partial charge in [-0.3, -0.25) is 24.0 Å². The number of benzene rings is 3. The van der Waals surface area contributed by atoms with Crippen molar-refractivity contribution < 1.29 is 39.3 Å². The van der Waals surface area contributed by atoms with E-state index in [1.54, 1.807) is 57.2 Å². The van der Waals surface area contributed by atoms with Crippen molar-refractivity contribution in [3.8, 4) is 17.2 Å². The predicted octanol–water partition coefficient (Wildman–Crippen LogP) is 5.83. The number of rotatable bonds is 2. The van der Waals surface area contributed by atoms with Gasteiger partial charge in [0, 0.05) is 22.3 Å². The molecule has 206 valence electrons. The van der Waals surface area contributed by atoms with Gasteiger partial charge < -0.3 is 15.3 Å². The molecule has 0 amide bonds. The van der Waals surface area contributed by atoms with Gasteiger partial charge in [0.2, 0.25) is 0 Å². The van der Waals surface area contributed by atoms with Crippen molar-refractivity contribution in [2.24, 2.45) is 0 Å². The second-order valence-corrected chi connectivity index (χ2v) is 9.83. The van der Waals surface area contributed by atoms with E-state index < -0.39 is 0 Å². The summed E-state index contributed by atoms with van der Waals surface area (Å²) in [5.41, 5.74) is 6.27. The number of hydrogen-bond donors (Lipinski definition) is 3. The van der Waals surface area contributed by atoms with Gasteiger partial charge in [0.25, 0.3) is 0 Å². The van der Waals surface area contributed by atoms with Gasteiger partial charge in [0.15, 0.2) is 29.9 Å². The van der Waals surface area contributed by atoms with E-state index in [2.05, 4.69) is 0 Å². The Bertz CT molecular complexity index is 1780. The van der Waals surface area contributed by atoms with Crippen molar-refractivity contribution >= 4 is 48.2 Å². The highest BCUT2D eigenvalue weighted by molar-refractivity contribution is 6.21. The van der Waals surface area contributed by atoms with Gasteiger partial charge in [-0.25, -0.2) is 0 Å². The van der Waals surface area contributed by atoms with Gasteiger partial charge >= 0.3 is 0 Å². The Labute approximate surface area is 235 Å². The summed E-state index contributed by atoms with van der Waals surface area (Å²) in [6.07, 6.45) is 7.50. The summed E-state index contributed by atoms with van der Waals surface area (Å²) in [6, 6.07) is 7.97. The van der Waals surface area contributed by atoms with Crippen LogP contribution in [-0.4, -0.2) is 45.2 Å². The fourth-order valence-electron chi connectivity index (χ4n) is 4.99. The van der Waals surface area contributed by atoms with E-state index in [4.69, 9.17) is 5.11 Å². The largest absolute Gasteiger partial charge is 0.508 e. The molecule has 8 nitrogen and oxygen atoms in total. The molecule has 41 heavy (non-hydrogen) atoms. The fraction of sp³-hybridized carbons (Fsp3) is 0.121. The zero-order valence-corrected chi connectivity index (χ0v) is 22.7. The second kappa shape index (κ2) is 11.0. The lowest BCUT2D eigenvalue weighted by Gasteiger charge is -2.11. The third-order valence-corrected chi connectivity index (χ3v) is 7.05. The molecule has 0 saturated carbocycles. The number of allylic oxidation sites excluding steroid dienone is 3. The normalized spacial score (nSPS) is 13.7. The van der Waals surface area contributed by atoms with Crippen LogP contribution in [0.5, 0.6) is 17.2 Å². The highest BCUT2D eigenvalue weighted by Crippen LogP contribution is 2.37. The first-order chi connectivity index (χ1) is 19.4. The molecule has 3 aromatic carbocycles. The number of carbonyl (C=O) groups excluding carboxylic acids is 5. The van der Waals surface area contributed by atoms with E-state index in [1.165, 1.54) is 12.1 Å². The number of ketones is 3. The molecule has 0 heterocycles. The van der Waals surface area contributed by atoms with Crippen molar-refractivity contribution in [2.75, 3.05) is 0 Å². The molecular formula is C33H26O8. The predicted molar refractivity (Wildman–Crippen MR) is 154 cm³/mol. The second-order valence-electron chi connectivity index (χ2n) is 9.83. The molecule has 0 radical (unpaired) electrons. The molecule has 3 aromatic rings. The fourth-order valence-corrected chi connectivity index (χ4v) is 4.99. The molecule has 0 unspecified atom stereocenters. The van der Waals surface area contributed by atoms with Crippen LogP contribution < -0.4 is 0 Å². The quantitative estimate of drug-likeness (QED) is 0.338. The number of phenols is 3. The number of Topliss-reactive ketones (excluding diaryl/α,β-unsaturated/α-hetero) is 2. The first-order valence-corrected chi connectivity index (χ1v) is 12.5. The van der Waals surface area contributed by atoms with Crippen molar-refractivity contribution in [1.82, 2.24) is 0 Å². The van der Waals surface area contributed by atoms with E-state index in [0.29, 0.717) is 40.4 Å². The monoisotopic (exact) mass is 550 g/mol. The highest BCUT2D eigenvalue weighted by atomic mass is 16.3. The van der Waals surface area contributed by atoms with Gasteiger partial charge in [0.1, 0.15) is 17.2 Å². The van der Waals surface area contributed by atoms with Gasteiger partial charge in [-0.1, -0.05) is 6.08 Å². The molecule has 0 fully saturated rings. The molecule has 3 aliphatic carbocycles. The summed E-state index contributed by atoms with van der Waals surface area (Å²) in [6.45, 7) is 6.84. The van der Waals surface area contributed by atoms with Crippen LogP contribution in [-0.2, 0) is 0 Å². The third kappa shape index (κ3) is 5.15. The Morgan fingerprint density at radius 2 is 1.27 bits per heavy atom. The van der Waals surface area contributed by atoms with Crippen LogP contribution in [0.4, 0.5) is 0 Å². The Morgan fingerprint density at radius 3 is 1.93 bits per heavy atom. The smallest absolute Gasteiger partial charge is 0.189 e. The third-order valence-electron chi connectivity index (χ3n) is 7.05. The number of carbonyl (C=O) groups is 5. The summed E-state index contributed by atoms with van der Waals surface area (Å²) in [7, 11) is 0. The topological polar surface area (TPSA) is 146 Å². The van der Waals surface area contributed by atoms with E-state index in [1.807, 2.05) is 13.0 Å². The standard InChI is InChI=1S/C13H10O4.C11H10O2.C9H6O2/c1-6-3-8-10(5-15)13(17)9(4-14)7(2)11(8)12(6)16;1-6-4-9(12)5-8-3-7(2)11(13)10(6)8;10-7-2-3-8-6(5-7)1-4-9(8)11/h3-5,17H,1-2H3;3-5,12H,1-2H3;1-5,10H. The summed E-state index contributed by atoms with van der Waals surface area (Å²) < 4.78 is 0. The summed E-state index contributed by atoms with van der Waals surface area (Å²) in [5.74, 6) is -0.0562. The SMILES string of the molecule is CC1=Cc2c(C=O)c(O)c(C=O)c(C)c2C1=O.CC1=Cc2cc(O)cc(C)c2C1=O.O=C1C=Cc2cc(O)ccc21. The summed E-state index contributed by atoms with van der Waals surface area (Å²) in [5, 5.41) is 28.1. The lowest BCUT2D eigenvalue weighted by Crippen LogP contribution is -2.05. The number of aromatic hydroxyl groups is 3. The lowest BCUT2D eigenvalue weighted by molar-refractivity contribution is 0.102. The zero-order valence-electron chi connectivity index (χ0n) is 22.7. The average Bonchev–Trinajstić information content (AvgIpc) is 3.52. The van der Waals surface area contributed by atoms with E-state index in [-0.39, 0.29) is 45.7 Å². The molecule has 0 atom stereocenters. The van der Waals surface area contributed by atoms with Crippen LogP contribution in [0, 0.1) is 13.8 Å². The molecule has 0 spiro atoms. The molecule has 0 bridgehead atoms. The van der Waals surface area contributed by atoms with Gasteiger partial charge in [-0.15, -0.1) is 0 Å². The van der Waals surface area contributed by atoms with Crippen LogP contribution in [0.3, 0.4) is 0 Å². The van der Waals surface area contributed by atoms with Gasteiger partial charge in [-0.2, -0.15) is 0 Å². The minimum atomic E-state index is -0.356. The van der Waals surface area contributed by atoms with Crippen molar-refractivity contribution in [3.63, 3.8) is 0 Å². The Kier molecular flexibility index (Phi) is 7.69. The first kappa shape index (κ1) is 28.6. The van der Waals surface area contributed by atoms with Crippen LogP contribution in [0.25, 0.3) is 18.2 Å². The van der Waals surface area contributed by atoms with Gasteiger partial charge in [0.05, 0.1) is 11.1 Å². The van der Waals surface area contributed by atoms with Crippen LogP contribution >= 0.6 is 0 Å².